The zero-order valence-electron chi connectivity index (χ0n) is 24.6. The molecule has 2 aromatic carbocycles. The Balaban J connectivity index is 1.59. The summed E-state index contributed by atoms with van der Waals surface area (Å²) in [6.07, 6.45) is 7.61. The second-order valence-corrected chi connectivity index (χ2v) is 10.9. The molecule has 2 atom stereocenters. The van der Waals surface area contributed by atoms with Crippen molar-refractivity contribution < 1.29 is 23.7 Å². The SMILES string of the molecule is COCCN(C[C@@H]1CCCN2CCCC[C@H]12)C(=O)c1cn(-c2cc(OC)c(OC)c(OC)c2)c(=O)c2ccccc12. The monoisotopic (exact) mass is 563 g/mol. The maximum absolute atomic E-state index is 14.4. The number of piperidine rings is 2. The molecule has 0 bridgehead atoms. The Bertz CT molecular complexity index is 1410. The van der Waals surface area contributed by atoms with Crippen LogP contribution >= 0.6 is 0 Å². The lowest BCUT2D eigenvalue weighted by Gasteiger charge is -2.45. The molecule has 0 radical (unpaired) electrons. The van der Waals surface area contributed by atoms with Gasteiger partial charge in [0.1, 0.15) is 0 Å². The van der Waals surface area contributed by atoms with Crippen LogP contribution in [0.5, 0.6) is 17.2 Å². The first-order valence-corrected chi connectivity index (χ1v) is 14.5. The molecule has 3 aromatic rings. The smallest absolute Gasteiger partial charge is 0.263 e. The molecule has 9 nitrogen and oxygen atoms in total. The summed E-state index contributed by atoms with van der Waals surface area (Å²) >= 11 is 0. The second-order valence-electron chi connectivity index (χ2n) is 10.9. The Morgan fingerprint density at radius 3 is 2.32 bits per heavy atom. The van der Waals surface area contributed by atoms with Crippen LogP contribution in [-0.2, 0) is 4.74 Å². The standard InChI is InChI=1S/C32H41N3O6/c1-38-17-16-34(20-22-10-9-15-33-14-8-7-13-27(22)33)31(36)26-21-35(32(37)25-12-6-5-11-24(25)26)23-18-28(39-2)30(41-4)29(19-23)40-3/h5-6,11-12,18-19,21-22,27H,7-10,13-17,20H2,1-4H3/t22-,27+/m0/s1. The van der Waals surface area contributed by atoms with Crippen molar-refractivity contribution in [1.29, 1.82) is 0 Å². The number of hydrogen-bond acceptors (Lipinski definition) is 7. The lowest BCUT2D eigenvalue weighted by molar-refractivity contribution is 0.0316. The first-order valence-electron chi connectivity index (χ1n) is 14.5. The predicted molar refractivity (Wildman–Crippen MR) is 159 cm³/mol. The van der Waals surface area contributed by atoms with Gasteiger partial charge in [0.15, 0.2) is 11.5 Å². The van der Waals surface area contributed by atoms with Crippen LogP contribution in [0, 0.1) is 5.92 Å². The van der Waals surface area contributed by atoms with Gasteiger partial charge >= 0.3 is 0 Å². The fraction of sp³-hybridized carbons (Fsp3) is 0.500. The molecule has 0 N–H and O–H groups in total. The molecular weight excluding hydrogens is 522 g/mol. The fourth-order valence-electron chi connectivity index (χ4n) is 6.58. The van der Waals surface area contributed by atoms with Gasteiger partial charge in [-0.2, -0.15) is 0 Å². The molecule has 0 spiro atoms. The summed E-state index contributed by atoms with van der Waals surface area (Å²) in [5.74, 6) is 1.58. The van der Waals surface area contributed by atoms with Gasteiger partial charge in [0.25, 0.3) is 11.5 Å². The average Bonchev–Trinajstić information content (AvgIpc) is 3.02. The largest absolute Gasteiger partial charge is 0.493 e. The van der Waals surface area contributed by atoms with E-state index in [1.165, 1.54) is 45.2 Å². The molecule has 0 unspecified atom stereocenters. The first-order chi connectivity index (χ1) is 20.0. The minimum Gasteiger partial charge on any atom is -0.493 e. The number of nitrogens with zero attached hydrogens (tertiary/aromatic N) is 3. The Morgan fingerprint density at radius 2 is 1.63 bits per heavy atom. The van der Waals surface area contributed by atoms with E-state index in [0.29, 0.717) is 70.9 Å². The number of rotatable bonds is 10. The molecule has 2 fully saturated rings. The predicted octanol–water partition coefficient (Wildman–Crippen LogP) is 4.37. The normalized spacial score (nSPS) is 19.0. The van der Waals surface area contributed by atoms with E-state index >= 15 is 0 Å². The summed E-state index contributed by atoms with van der Waals surface area (Å²) in [5, 5.41) is 1.10. The number of amides is 1. The van der Waals surface area contributed by atoms with Gasteiger partial charge in [0, 0.05) is 55.3 Å². The van der Waals surface area contributed by atoms with Gasteiger partial charge in [0.2, 0.25) is 5.75 Å². The molecule has 1 amide bonds. The lowest BCUT2D eigenvalue weighted by Crippen LogP contribution is -2.52. The molecule has 2 aliphatic heterocycles. The van der Waals surface area contributed by atoms with Crippen LogP contribution in [0.2, 0.25) is 0 Å². The number of aromatic nitrogens is 1. The fourth-order valence-corrected chi connectivity index (χ4v) is 6.58. The van der Waals surface area contributed by atoms with Crippen molar-refractivity contribution in [2.75, 3.05) is 61.2 Å². The van der Waals surface area contributed by atoms with Crippen molar-refractivity contribution in [2.24, 2.45) is 5.92 Å². The van der Waals surface area contributed by atoms with Crippen LogP contribution in [0.1, 0.15) is 42.5 Å². The molecule has 2 aliphatic rings. The highest BCUT2D eigenvalue weighted by molar-refractivity contribution is 6.06. The quantitative estimate of drug-likeness (QED) is 0.362. The summed E-state index contributed by atoms with van der Waals surface area (Å²) < 4.78 is 23.5. The summed E-state index contributed by atoms with van der Waals surface area (Å²) in [4.78, 5) is 32.7. The highest BCUT2D eigenvalue weighted by Crippen LogP contribution is 2.39. The Hall–Kier alpha value is -3.56. The number of methoxy groups -OCH3 is 4. The van der Waals surface area contributed by atoms with E-state index in [1.807, 2.05) is 23.1 Å². The molecule has 3 heterocycles. The van der Waals surface area contributed by atoms with E-state index in [9.17, 15) is 9.59 Å². The summed E-state index contributed by atoms with van der Waals surface area (Å²) in [6.45, 7) is 3.89. The van der Waals surface area contributed by atoms with E-state index in [1.54, 1.807) is 31.5 Å². The topological polar surface area (TPSA) is 82.5 Å². The van der Waals surface area contributed by atoms with E-state index < -0.39 is 0 Å². The maximum atomic E-state index is 14.4. The molecule has 5 rings (SSSR count). The van der Waals surface area contributed by atoms with E-state index in [2.05, 4.69) is 4.90 Å². The zero-order valence-corrected chi connectivity index (χ0v) is 24.6. The average molecular weight is 564 g/mol. The highest BCUT2D eigenvalue weighted by Gasteiger charge is 2.35. The lowest BCUT2D eigenvalue weighted by atomic mass is 9.83. The van der Waals surface area contributed by atoms with Crippen LogP contribution in [0.15, 0.2) is 47.4 Å². The minimum absolute atomic E-state index is 0.104. The zero-order chi connectivity index (χ0) is 28.9. The Labute approximate surface area is 241 Å². The number of hydrogen-bond donors (Lipinski definition) is 0. The van der Waals surface area contributed by atoms with Gasteiger partial charge in [-0.05, 0) is 50.8 Å². The van der Waals surface area contributed by atoms with Crippen LogP contribution in [0.25, 0.3) is 16.5 Å². The molecule has 1 aromatic heterocycles. The van der Waals surface area contributed by atoms with Crippen LogP contribution in [0.3, 0.4) is 0 Å². The number of carbonyl (C=O) groups excluding carboxylic acids is 1. The van der Waals surface area contributed by atoms with Crippen molar-refractivity contribution in [3.63, 3.8) is 0 Å². The third-order valence-corrected chi connectivity index (χ3v) is 8.62. The van der Waals surface area contributed by atoms with Crippen molar-refractivity contribution in [3.05, 3.63) is 58.5 Å². The molecule has 41 heavy (non-hydrogen) atoms. The Morgan fingerprint density at radius 1 is 0.927 bits per heavy atom. The van der Waals surface area contributed by atoms with Crippen molar-refractivity contribution >= 4 is 16.7 Å². The maximum Gasteiger partial charge on any atom is 0.263 e. The minimum atomic E-state index is -0.236. The molecule has 9 heteroatoms. The third kappa shape index (κ3) is 5.78. The molecule has 2 saturated heterocycles. The van der Waals surface area contributed by atoms with E-state index in [0.717, 1.165) is 25.9 Å². The second kappa shape index (κ2) is 13.0. The summed E-state index contributed by atoms with van der Waals surface area (Å²) in [7, 11) is 6.26. The third-order valence-electron chi connectivity index (χ3n) is 8.62. The van der Waals surface area contributed by atoms with Gasteiger partial charge in [-0.25, -0.2) is 0 Å². The van der Waals surface area contributed by atoms with Gasteiger partial charge in [-0.3, -0.25) is 14.2 Å². The van der Waals surface area contributed by atoms with E-state index in [-0.39, 0.29) is 11.5 Å². The van der Waals surface area contributed by atoms with Crippen molar-refractivity contribution in [3.8, 4) is 22.9 Å². The van der Waals surface area contributed by atoms with Gasteiger partial charge in [-0.15, -0.1) is 0 Å². The highest BCUT2D eigenvalue weighted by atomic mass is 16.5. The van der Waals surface area contributed by atoms with Gasteiger partial charge in [0.05, 0.1) is 39.2 Å². The first kappa shape index (κ1) is 29.0. The number of fused-ring (bicyclic) bond motifs is 2. The number of pyridine rings is 1. The number of ether oxygens (including phenoxy) is 4. The summed E-state index contributed by atoms with van der Waals surface area (Å²) in [6, 6.07) is 11.2. The van der Waals surface area contributed by atoms with Crippen LogP contribution in [0.4, 0.5) is 0 Å². The number of benzene rings is 2. The number of carbonyl (C=O) groups is 1. The van der Waals surface area contributed by atoms with Gasteiger partial charge in [-0.1, -0.05) is 24.6 Å². The molecule has 0 saturated carbocycles. The van der Waals surface area contributed by atoms with Gasteiger partial charge < -0.3 is 28.7 Å². The van der Waals surface area contributed by atoms with Crippen molar-refractivity contribution in [1.82, 2.24) is 14.4 Å². The van der Waals surface area contributed by atoms with Crippen LogP contribution in [-0.4, -0.2) is 87.5 Å². The molecule has 220 valence electrons. The summed E-state index contributed by atoms with van der Waals surface area (Å²) in [5.41, 5.74) is 0.749. The Kier molecular flexibility index (Phi) is 9.15. The van der Waals surface area contributed by atoms with Crippen LogP contribution < -0.4 is 19.8 Å². The van der Waals surface area contributed by atoms with E-state index in [4.69, 9.17) is 18.9 Å². The molecular formula is C32H41N3O6. The molecule has 0 aliphatic carbocycles. The van der Waals surface area contributed by atoms with Crippen molar-refractivity contribution in [2.45, 2.75) is 38.1 Å².